The van der Waals surface area contributed by atoms with Gasteiger partial charge in [0.15, 0.2) is 11.5 Å². The van der Waals surface area contributed by atoms with Crippen molar-refractivity contribution in [3.63, 3.8) is 0 Å². The summed E-state index contributed by atoms with van der Waals surface area (Å²) in [6.45, 7) is 3.33. The molecule has 2 heterocycles. The van der Waals surface area contributed by atoms with E-state index in [0.717, 1.165) is 0 Å². The number of carbonyl (C=O) groups is 1. The summed E-state index contributed by atoms with van der Waals surface area (Å²) in [7, 11) is 0. The number of fused-ring (bicyclic) bond motifs is 1. The minimum atomic E-state index is -0.901. The van der Waals surface area contributed by atoms with E-state index in [0.29, 0.717) is 11.5 Å². The largest absolute Gasteiger partial charge is 0.368 e. The molecule has 2 aromatic rings. The fraction of sp³-hybridized carbons (Fsp3) is 0.375. The number of carbonyl (C=O) groups excluding carboxylic acids is 1. The van der Waals surface area contributed by atoms with Crippen LogP contribution in [0.4, 0.5) is 5.82 Å². The van der Waals surface area contributed by atoms with Crippen molar-refractivity contribution in [1.82, 2.24) is 25.0 Å². The Morgan fingerprint density at radius 2 is 2.25 bits per heavy atom. The first-order chi connectivity index (χ1) is 7.50. The van der Waals surface area contributed by atoms with Gasteiger partial charge >= 0.3 is 0 Å². The van der Waals surface area contributed by atoms with Crippen LogP contribution in [-0.2, 0) is 4.79 Å². The first-order valence-corrected chi connectivity index (χ1v) is 4.61. The Morgan fingerprint density at radius 1 is 1.50 bits per heavy atom. The monoisotopic (exact) mass is 221 g/mol. The molecule has 0 bridgehead atoms. The molecule has 0 atom stereocenters. The van der Waals surface area contributed by atoms with E-state index in [1.165, 1.54) is 16.9 Å². The molecule has 0 saturated carbocycles. The minimum absolute atomic E-state index is 0.474. The lowest BCUT2D eigenvalue weighted by Crippen LogP contribution is -2.45. The first kappa shape index (κ1) is 10.3. The fourth-order valence-electron chi connectivity index (χ4n) is 1.14. The summed E-state index contributed by atoms with van der Waals surface area (Å²) in [5.41, 5.74) is 4.84. The summed E-state index contributed by atoms with van der Waals surface area (Å²) in [5.74, 6) is 0.0314. The highest BCUT2D eigenvalue weighted by Gasteiger charge is 2.25. The molecule has 2 rings (SSSR count). The Kier molecular flexibility index (Phi) is 2.18. The van der Waals surface area contributed by atoms with Gasteiger partial charge in [0.05, 0.1) is 12.4 Å². The van der Waals surface area contributed by atoms with Crippen LogP contribution < -0.4 is 11.1 Å². The number of rotatable bonds is 3. The van der Waals surface area contributed by atoms with Crippen LogP contribution in [0.3, 0.4) is 0 Å². The third-order valence-corrected chi connectivity index (χ3v) is 2.17. The van der Waals surface area contributed by atoms with Gasteiger partial charge in [0, 0.05) is 0 Å². The maximum atomic E-state index is 11.2. The SMILES string of the molecule is CC(C)(Nc1cncc2nnnn12)C(N)=O. The lowest BCUT2D eigenvalue weighted by molar-refractivity contribution is -0.121. The van der Waals surface area contributed by atoms with Gasteiger partial charge in [-0.2, -0.15) is 4.52 Å². The van der Waals surface area contributed by atoms with Gasteiger partial charge in [-0.3, -0.25) is 9.78 Å². The van der Waals surface area contributed by atoms with Crippen molar-refractivity contribution in [2.45, 2.75) is 19.4 Å². The van der Waals surface area contributed by atoms with E-state index in [1.54, 1.807) is 13.8 Å². The quantitative estimate of drug-likeness (QED) is 0.701. The van der Waals surface area contributed by atoms with E-state index in [9.17, 15) is 4.79 Å². The second-order valence-corrected chi connectivity index (χ2v) is 3.86. The van der Waals surface area contributed by atoms with Gasteiger partial charge in [0.2, 0.25) is 5.91 Å². The van der Waals surface area contributed by atoms with Crippen molar-refractivity contribution < 1.29 is 4.79 Å². The second-order valence-electron chi connectivity index (χ2n) is 3.86. The minimum Gasteiger partial charge on any atom is -0.368 e. The van der Waals surface area contributed by atoms with E-state index in [1.807, 2.05) is 0 Å². The predicted molar refractivity (Wildman–Crippen MR) is 55.5 cm³/mol. The first-order valence-electron chi connectivity index (χ1n) is 4.61. The molecule has 0 fully saturated rings. The second kappa shape index (κ2) is 3.40. The number of nitrogens with one attached hydrogen (secondary N) is 1. The third kappa shape index (κ3) is 1.64. The lowest BCUT2D eigenvalue weighted by Gasteiger charge is -2.23. The normalized spacial score (nSPS) is 11.6. The van der Waals surface area contributed by atoms with E-state index in [-0.39, 0.29) is 0 Å². The third-order valence-electron chi connectivity index (χ3n) is 2.17. The van der Waals surface area contributed by atoms with Crippen molar-refractivity contribution in [1.29, 1.82) is 0 Å². The zero-order valence-corrected chi connectivity index (χ0v) is 8.88. The molecule has 3 N–H and O–H groups in total. The highest BCUT2D eigenvalue weighted by atomic mass is 16.1. The molecule has 0 unspecified atom stereocenters. The number of nitrogens with zero attached hydrogens (tertiary/aromatic N) is 5. The number of hydrogen-bond acceptors (Lipinski definition) is 6. The average Bonchev–Trinajstić information content (AvgIpc) is 2.65. The van der Waals surface area contributed by atoms with Crippen LogP contribution in [0.5, 0.6) is 0 Å². The van der Waals surface area contributed by atoms with Crippen molar-refractivity contribution in [2.24, 2.45) is 5.73 Å². The molecule has 8 nitrogen and oxygen atoms in total. The van der Waals surface area contributed by atoms with E-state index in [2.05, 4.69) is 25.8 Å². The Labute approximate surface area is 90.8 Å². The summed E-state index contributed by atoms with van der Waals surface area (Å²) >= 11 is 0. The number of anilines is 1. The standard InChI is InChI=1S/C8H11N7O/c1-8(2,7(9)16)11-5-3-10-4-6-12-13-14-15(5)6/h3-4,11H,1-2H3,(H2,9,16). The topological polar surface area (TPSA) is 111 Å². The smallest absolute Gasteiger partial charge is 0.242 e. The summed E-state index contributed by atoms with van der Waals surface area (Å²) in [4.78, 5) is 15.1. The molecule has 1 amide bonds. The van der Waals surface area contributed by atoms with Crippen molar-refractivity contribution in [3.05, 3.63) is 12.4 Å². The van der Waals surface area contributed by atoms with Crippen molar-refractivity contribution in [3.8, 4) is 0 Å². The number of hydrogen-bond donors (Lipinski definition) is 2. The molecule has 0 saturated heterocycles. The molecular weight excluding hydrogens is 210 g/mol. The molecule has 0 aliphatic heterocycles. The van der Waals surface area contributed by atoms with Crippen molar-refractivity contribution >= 4 is 17.4 Å². The molecule has 2 aromatic heterocycles. The van der Waals surface area contributed by atoms with Gasteiger partial charge in [0.25, 0.3) is 0 Å². The number of nitrogens with two attached hydrogens (primary N) is 1. The van der Waals surface area contributed by atoms with Crippen LogP contribution in [-0.4, -0.2) is 36.5 Å². The average molecular weight is 221 g/mol. The van der Waals surface area contributed by atoms with E-state index in [4.69, 9.17) is 5.73 Å². The van der Waals surface area contributed by atoms with Gasteiger partial charge in [0.1, 0.15) is 5.54 Å². The summed E-state index contributed by atoms with van der Waals surface area (Å²) < 4.78 is 1.44. The Bertz CT molecular complexity index is 532. The molecule has 16 heavy (non-hydrogen) atoms. The fourth-order valence-corrected chi connectivity index (χ4v) is 1.14. The van der Waals surface area contributed by atoms with Crippen LogP contribution in [0.15, 0.2) is 12.4 Å². The van der Waals surface area contributed by atoms with Gasteiger partial charge < -0.3 is 11.1 Å². The summed E-state index contributed by atoms with van der Waals surface area (Å²) in [6.07, 6.45) is 3.04. The highest BCUT2D eigenvalue weighted by molar-refractivity contribution is 5.86. The van der Waals surface area contributed by atoms with Gasteiger partial charge in [-0.05, 0) is 24.3 Å². The van der Waals surface area contributed by atoms with Crippen LogP contribution in [0, 0.1) is 0 Å². The van der Waals surface area contributed by atoms with E-state index >= 15 is 0 Å². The molecule has 0 aliphatic rings. The van der Waals surface area contributed by atoms with Crippen molar-refractivity contribution in [2.75, 3.05) is 5.32 Å². The van der Waals surface area contributed by atoms with Crippen LogP contribution in [0.25, 0.3) is 5.65 Å². The Hall–Kier alpha value is -2.25. The van der Waals surface area contributed by atoms with E-state index < -0.39 is 11.4 Å². The van der Waals surface area contributed by atoms with Gasteiger partial charge in [-0.25, -0.2) is 0 Å². The molecule has 0 radical (unpaired) electrons. The maximum Gasteiger partial charge on any atom is 0.242 e. The number of amides is 1. The summed E-state index contributed by atoms with van der Waals surface area (Å²) in [5, 5.41) is 13.9. The highest BCUT2D eigenvalue weighted by Crippen LogP contribution is 2.13. The van der Waals surface area contributed by atoms with Gasteiger partial charge in [-0.15, -0.1) is 5.10 Å². The maximum absolute atomic E-state index is 11.2. The van der Waals surface area contributed by atoms with Gasteiger partial charge in [-0.1, -0.05) is 0 Å². The molecule has 84 valence electrons. The number of primary amides is 1. The Balaban J connectivity index is 2.41. The zero-order chi connectivity index (χ0) is 11.8. The number of tetrazole rings is 1. The van der Waals surface area contributed by atoms with Crippen LogP contribution >= 0.6 is 0 Å². The number of aromatic nitrogens is 5. The molecule has 0 spiro atoms. The Morgan fingerprint density at radius 3 is 2.94 bits per heavy atom. The molecular formula is C8H11N7O. The van der Waals surface area contributed by atoms with Crippen LogP contribution in [0.1, 0.15) is 13.8 Å². The van der Waals surface area contributed by atoms with Crippen LogP contribution in [0.2, 0.25) is 0 Å². The molecule has 8 heteroatoms. The molecule has 0 aliphatic carbocycles. The zero-order valence-electron chi connectivity index (χ0n) is 8.88. The summed E-state index contributed by atoms with van der Waals surface area (Å²) in [6, 6.07) is 0. The lowest BCUT2D eigenvalue weighted by atomic mass is 10.1. The molecule has 0 aromatic carbocycles. The predicted octanol–water partition coefficient (Wildman–Crippen LogP) is -0.805.